The number of carbonyl (C=O) groups excluding carboxylic acids is 1. The standard InChI is InChI=1S/C20H19N3O2/c24-18(21-12-14-5-6-14)11-13-7-9-15(10-8-13)19-16-3-1-2-4-17(16)20(25)23-22-19/h1-4,7-10,14H,5-6,11-12H2,(H,21,24)(H,23,25). The molecule has 25 heavy (non-hydrogen) atoms. The zero-order valence-electron chi connectivity index (χ0n) is 13.8. The molecule has 4 rings (SSSR count). The molecular formula is C20H19N3O2. The first-order valence-electron chi connectivity index (χ1n) is 8.54. The summed E-state index contributed by atoms with van der Waals surface area (Å²) in [7, 11) is 0. The second kappa shape index (κ2) is 6.51. The second-order valence-electron chi connectivity index (χ2n) is 6.57. The van der Waals surface area contributed by atoms with Crippen molar-refractivity contribution in [2.24, 2.45) is 5.92 Å². The Morgan fingerprint density at radius 1 is 1.08 bits per heavy atom. The lowest BCUT2D eigenvalue weighted by atomic mass is 10.0. The molecule has 1 saturated carbocycles. The predicted molar refractivity (Wildman–Crippen MR) is 97.2 cm³/mol. The lowest BCUT2D eigenvalue weighted by Gasteiger charge is -2.07. The van der Waals surface area contributed by atoms with E-state index in [-0.39, 0.29) is 11.5 Å². The van der Waals surface area contributed by atoms with Crippen LogP contribution < -0.4 is 10.9 Å². The Bertz CT molecular complexity index is 972. The van der Waals surface area contributed by atoms with Crippen molar-refractivity contribution in [1.82, 2.24) is 15.5 Å². The summed E-state index contributed by atoms with van der Waals surface area (Å²) >= 11 is 0. The Balaban J connectivity index is 1.55. The summed E-state index contributed by atoms with van der Waals surface area (Å²) < 4.78 is 0. The first-order chi connectivity index (χ1) is 12.2. The second-order valence-corrected chi connectivity index (χ2v) is 6.57. The van der Waals surface area contributed by atoms with Crippen molar-refractivity contribution in [2.75, 3.05) is 6.54 Å². The molecule has 0 atom stereocenters. The van der Waals surface area contributed by atoms with Gasteiger partial charge in [0.05, 0.1) is 17.5 Å². The lowest BCUT2D eigenvalue weighted by molar-refractivity contribution is -0.120. The molecule has 0 spiro atoms. The molecule has 1 heterocycles. The van der Waals surface area contributed by atoms with Crippen molar-refractivity contribution in [1.29, 1.82) is 0 Å². The monoisotopic (exact) mass is 333 g/mol. The number of hydrogen-bond acceptors (Lipinski definition) is 3. The number of nitrogens with one attached hydrogen (secondary N) is 2. The van der Waals surface area contributed by atoms with E-state index >= 15 is 0 Å². The van der Waals surface area contributed by atoms with E-state index in [0.29, 0.717) is 17.7 Å². The molecule has 2 aromatic carbocycles. The van der Waals surface area contributed by atoms with Gasteiger partial charge < -0.3 is 5.32 Å². The number of aromatic amines is 1. The lowest BCUT2D eigenvalue weighted by Crippen LogP contribution is -2.27. The summed E-state index contributed by atoms with van der Waals surface area (Å²) in [4.78, 5) is 23.8. The maximum Gasteiger partial charge on any atom is 0.272 e. The van der Waals surface area contributed by atoms with Crippen molar-refractivity contribution >= 4 is 16.7 Å². The van der Waals surface area contributed by atoms with E-state index in [2.05, 4.69) is 15.5 Å². The number of nitrogens with zero attached hydrogens (tertiary/aromatic N) is 1. The summed E-state index contributed by atoms with van der Waals surface area (Å²) in [5.74, 6) is 0.748. The van der Waals surface area contributed by atoms with Crippen LogP contribution in [0.1, 0.15) is 18.4 Å². The fourth-order valence-electron chi connectivity index (χ4n) is 2.94. The molecule has 1 aliphatic carbocycles. The Morgan fingerprint density at radius 2 is 1.80 bits per heavy atom. The average Bonchev–Trinajstić information content (AvgIpc) is 3.46. The largest absolute Gasteiger partial charge is 0.356 e. The first kappa shape index (κ1) is 15.6. The fourth-order valence-corrected chi connectivity index (χ4v) is 2.94. The quantitative estimate of drug-likeness (QED) is 0.754. The van der Waals surface area contributed by atoms with Crippen LogP contribution in [0.3, 0.4) is 0 Å². The highest BCUT2D eigenvalue weighted by Gasteiger charge is 2.21. The van der Waals surface area contributed by atoms with Gasteiger partial charge in [0.25, 0.3) is 5.56 Å². The normalized spacial score (nSPS) is 13.8. The van der Waals surface area contributed by atoms with Gasteiger partial charge in [0.1, 0.15) is 0 Å². The summed E-state index contributed by atoms with van der Waals surface area (Å²) in [5, 5.41) is 11.2. The van der Waals surface area contributed by atoms with Gasteiger partial charge in [-0.2, -0.15) is 5.10 Å². The number of carbonyl (C=O) groups is 1. The Labute approximate surface area is 145 Å². The highest BCUT2D eigenvalue weighted by atomic mass is 16.1. The van der Waals surface area contributed by atoms with Crippen LogP contribution >= 0.6 is 0 Å². The zero-order valence-corrected chi connectivity index (χ0v) is 13.8. The number of hydrogen-bond donors (Lipinski definition) is 2. The third-order valence-corrected chi connectivity index (χ3v) is 4.57. The molecule has 3 aromatic rings. The minimum atomic E-state index is -0.191. The smallest absolute Gasteiger partial charge is 0.272 e. The Morgan fingerprint density at radius 3 is 2.52 bits per heavy atom. The maximum atomic E-state index is 11.9. The Kier molecular flexibility index (Phi) is 4.06. The van der Waals surface area contributed by atoms with E-state index in [1.165, 1.54) is 12.8 Å². The van der Waals surface area contributed by atoms with E-state index in [0.717, 1.165) is 28.8 Å². The molecule has 2 N–H and O–H groups in total. The van der Waals surface area contributed by atoms with Gasteiger partial charge in [0.2, 0.25) is 5.91 Å². The SMILES string of the molecule is O=C(Cc1ccc(-c2n[nH]c(=O)c3ccccc23)cc1)NCC1CC1. The van der Waals surface area contributed by atoms with Crippen LogP contribution in [0.2, 0.25) is 0 Å². The van der Waals surface area contributed by atoms with Crippen LogP contribution in [0.4, 0.5) is 0 Å². The molecule has 0 unspecified atom stereocenters. The molecule has 1 amide bonds. The van der Waals surface area contributed by atoms with Crippen molar-refractivity contribution < 1.29 is 4.79 Å². The molecule has 0 aliphatic heterocycles. The zero-order chi connectivity index (χ0) is 17.2. The fraction of sp³-hybridized carbons (Fsp3) is 0.250. The van der Waals surface area contributed by atoms with Crippen molar-refractivity contribution in [2.45, 2.75) is 19.3 Å². The van der Waals surface area contributed by atoms with Crippen LogP contribution in [0, 0.1) is 5.92 Å². The van der Waals surface area contributed by atoms with Gasteiger partial charge in [-0.3, -0.25) is 9.59 Å². The molecule has 0 radical (unpaired) electrons. The number of fused-ring (bicyclic) bond motifs is 1. The van der Waals surface area contributed by atoms with Gasteiger partial charge in [-0.05, 0) is 30.4 Å². The van der Waals surface area contributed by atoms with E-state index in [9.17, 15) is 9.59 Å². The van der Waals surface area contributed by atoms with E-state index in [1.54, 1.807) is 6.07 Å². The van der Waals surface area contributed by atoms with E-state index in [4.69, 9.17) is 0 Å². The number of benzene rings is 2. The van der Waals surface area contributed by atoms with Gasteiger partial charge in [0.15, 0.2) is 0 Å². The summed E-state index contributed by atoms with van der Waals surface area (Å²) in [6.07, 6.45) is 2.84. The van der Waals surface area contributed by atoms with E-state index in [1.807, 2.05) is 42.5 Å². The minimum Gasteiger partial charge on any atom is -0.356 e. The summed E-state index contributed by atoms with van der Waals surface area (Å²) in [6, 6.07) is 15.2. The van der Waals surface area contributed by atoms with Gasteiger partial charge >= 0.3 is 0 Å². The molecule has 5 heteroatoms. The maximum absolute atomic E-state index is 11.9. The molecule has 1 aromatic heterocycles. The highest BCUT2D eigenvalue weighted by molar-refractivity contribution is 5.93. The Hall–Kier alpha value is -2.95. The van der Waals surface area contributed by atoms with Gasteiger partial charge in [-0.15, -0.1) is 0 Å². The molecule has 0 saturated heterocycles. The number of rotatable bonds is 5. The summed E-state index contributed by atoms with van der Waals surface area (Å²) in [5.41, 5.74) is 2.42. The first-order valence-corrected chi connectivity index (χ1v) is 8.54. The van der Waals surface area contributed by atoms with Crippen LogP contribution in [0.15, 0.2) is 53.3 Å². The van der Waals surface area contributed by atoms with Gasteiger partial charge in [0, 0.05) is 17.5 Å². The van der Waals surface area contributed by atoms with Crippen LogP contribution in [0.5, 0.6) is 0 Å². The van der Waals surface area contributed by atoms with Crippen LogP contribution in [0.25, 0.3) is 22.0 Å². The van der Waals surface area contributed by atoms with Gasteiger partial charge in [-0.25, -0.2) is 5.10 Å². The minimum absolute atomic E-state index is 0.0623. The topological polar surface area (TPSA) is 74.8 Å². The van der Waals surface area contributed by atoms with Crippen molar-refractivity contribution in [3.63, 3.8) is 0 Å². The molecule has 1 fully saturated rings. The third kappa shape index (κ3) is 3.45. The number of aromatic nitrogens is 2. The third-order valence-electron chi connectivity index (χ3n) is 4.57. The summed E-state index contributed by atoms with van der Waals surface area (Å²) in [6.45, 7) is 0.796. The van der Waals surface area contributed by atoms with Crippen molar-refractivity contribution in [3.8, 4) is 11.3 Å². The number of H-pyrrole nitrogens is 1. The molecule has 5 nitrogen and oxygen atoms in total. The molecule has 1 aliphatic rings. The highest BCUT2D eigenvalue weighted by Crippen LogP contribution is 2.27. The molecule has 126 valence electrons. The number of amides is 1. The molecule has 0 bridgehead atoms. The van der Waals surface area contributed by atoms with Crippen LogP contribution in [-0.4, -0.2) is 22.6 Å². The van der Waals surface area contributed by atoms with Gasteiger partial charge in [-0.1, -0.05) is 42.5 Å². The average molecular weight is 333 g/mol. The van der Waals surface area contributed by atoms with Crippen LogP contribution in [-0.2, 0) is 11.2 Å². The predicted octanol–water partition coefficient (Wildman–Crippen LogP) is 2.66. The molecular weight excluding hydrogens is 314 g/mol. The van der Waals surface area contributed by atoms with E-state index < -0.39 is 0 Å². The van der Waals surface area contributed by atoms with Crippen molar-refractivity contribution in [3.05, 3.63) is 64.4 Å².